The fraction of sp³-hybridized carbons (Fsp3) is 0.0625. The van der Waals surface area contributed by atoms with Crippen molar-refractivity contribution in [1.82, 2.24) is 4.98 Å². The number of halogens is 3. The summed E-state index contributed by atoms with van der Waals surface area (Å²) in [4.78, 5) is 4.15. The maximum Gasteiger partial charge on any atom is 0.227 e. The third kappa shape index (κ3) is 2.67. The van der Waals surface area contributed by atoms with E-state index in [1.807, 2.05) is 18.2 Å². The van der Waals surface area contributed by atoms with E-state index in [1.165, 1.54) is 0 Å². The number of fused-ring (bicyclic) bond motifs is 1. The zero-order valence-electron chi connectivity index (χ0n) is 10.8. The zero-order valence-corrected chi connectivity index (χ0v) is 11.6. The molecule has 0 aliphatic carbocycles. The molecule has 2 aromatic carbocycles. The van der Waals surface area contributed by atoms with Crippen LogP contribution in [-0.4, -0.2) is 4.98 Å². The molecular formula is C16H10ClF2NO. The number of aromatic nitrogens is 1. The highest BCUT2D eigenvalue weighted by molar-refractivity contribution is 6.18. The molecule has 3 rings (SSSR count). The fourth-order valence-corrected chi connectivity index (χ4v) is 2.29. The average Bonchev–Trinajstić information content (AvgIpc) is 2.51. The van der Waals surface area contributed by atoms with Gasteiger partial charge in [-0.2, -0.15) is 0 Å². The number of hydrogen-bond donors (Lipinski definition) is 0. The van der Waals surface area contributed by atoms with Crippen molar-refractivity contribution in [3.8, 4) is 11.6 Å². The van der Waals surface area contributed by atoms with E-state index >= 15 is 0 Å². The normalized spacial score (nSPS) is 10.8. The Morgan fingerprint density at radius 3 is 2.57 bits per heavy atom. The molecule has 0 spiro atoms. The molecule has 5 heteroatoms. The first kappa shape index (κ1) is 13.8. The van der Waals surface area contributed by atoms with Gasteiger partial charge in [-0.25, -0.2) is 13.8 Å². The summed E-state index contributed by atoms with van der Waals surface area (Å²) in [6, 6.07) is 10.4. The molecule has 0 N–H and O–H groups in total. The van der Waals surface area contributed by atoms with Crippen LogP contribution in [0.3, 0.4) is 0 Å². The van der Waals surface area contributed by atoms with Gasteiger partial charge in [-0.15, -0.1) is 11.6 Å². The van der Waals surface area contributed by atoms with Crippen molar-refractivity contribution >= 4 is 22.4 Å². The van der Waals surface area contributed by atoms with Crippen molar-refractivity contribution in [2.24, 2.45) is 0 Å². The molecule has 0 aliphatic rings. The summed E-state index contributed by atoms with van der Waals surface area (Å²) >= 11 is 5.87. The molecule has 0 unspecified atom stereocenters. The summed E-state index contributed by atoms with van der Waals surface area (Å²) < 4.78 is 32.3. The number of rotatable bonds is 3. The van der Waals surface area contributed by atoms with Gasteiger partial charge in [0.05, 0.1) is 0 Å². The van der Waals surface area contributed by atoms with Crippen molar-refractivity contribution in [2.75, 3.05) is 0 Å². The second-order valence-electron chi connectivity index (χ2n) is 4.44. The van der Waals surface area contributed by atoms with Crippen molar-refractivity contribution in [2.45, 2.75) is 5.88 Å². The molecule has 0 bridgehead atoms. The summed E-state index contributed by atoms with van der Waals surface area (Å²) in [5.41, 5.74) is 0.847. The Bertz CT molecular complexity index is 807. The maximum absolute atomic E-state index is 13.7. The van der Waals surface area contributed by atoms with Crippen molar-refractivity contribution in [3.05, 3.63) is 65.9 Å². The van der Waals surface area contributed by atoms with Gasteiger partial charge in [0.2, 0.25) is 5.88 Å². The lowest BCUT2D eigenvalue weighted by atomic mass is 10.1. The van der Waals surface area contributed by atoms with E-state index in [-0.39, 0.29) is 11.6 Å². The van der Waals surface area contributed by atoms with Gasteiger partial charge in [0.1, 0.15) is 5.82 Å². The molecule has 0 fully saturated rings. The Balaban J connectivity index is 2.11. The molecule has 1 aromatic heterocycles. The Morgan fingerprint density at radius 2 is 1.81 bits per heavy atom. The Kier molecular flexibility index (Phi) is 3.71. The molecule has 1 heterocycles. The third-order valence-electron chi connectivity index (χ3n) is 3.08. The summed E-state index contributed by atoms with van der Waals surface area (Å²) in [5, 5.41) is 1.56. The van der Waals surface area contributed by atoms with Crippen LogP contribution in [0.2, 0.25) is 0 Å². The predicted octanol–water partition coefficient (Wildman–Crippen LogP) is 5.04. The van der Waals surface area contributed by atoms with Gasteiger partial charge in [0.25, 0.3) is 0 Å². The van der Waals surface area contributed by atoms with Crippen molar-refractivity contribution in [3.63, 3.8) is 0 Å². The van der Waals surface area contributed by atoms with Crippen molar-refractivity contribution in [1.29, 1.82) is 0 Å². The first-order valence-electron chi connectivity index (χ1n) is 6.24. The molecule has 21 heavy (non-hydrogen) atoms. The number of pyridine rings is 1. The minimum Gasteiger partial charge on any atom is -0.435 e. The molecule has 0 amide bonds. The number of alkyl halides is 1. The van der Waals surface area contributed by atoms with Crippen LogP contribution in [-0.2, 0) is 5.88 Å². The third-order valence-corrected chi connectivity index (χ3v) is 3.37. The highest BCUT2D eigenvalue weighted by Crippen LogP contribution is 2.31. The minimum atomic E-state index is -0.649. The lowest BCUT2D eigenvalue weighted by Gasteiger charge is -2.10. The highest BCUT2D eigenvalue weighted by atomic mass is 35.5. The molecule has 0 saturated carbocycles. The molecule has 0 atom stereocenters. The summed E-state index contributed by atoms with van der Waals surface area (Å²) in [6.07, 6.45) is 1.57. The van der Waals surface area contributed by atoms with Crippen LogP contribution in [0.1, 0.15) is 5.56 Å². The van der Waals surface area contributed by atoms with Crippen molar-refractivity contribution < 1.29 is 13.5 Å². The molecule has 0 aliphatic heterocycles. The summed E-state index contributed by atoms with van der Waals surface area (Å²) in [7, 11) is 0. The second kappa shape index (κ2) is 5.66. The van der Waals surface area contributed by atoms with Crippen LogP contribution >= 0.6 is 11.6 Å². The largest absolute Gasteiger partial charge is 0.435 e. The molecule has 0 radical (unpaired) electrons. The lowest BCUT2D eigenvalue weighted by molar-refractivity contribution is 0.427. The van der Waals surface area contributed by atoms with Gasteiger partial charge < -0.3 is 4.74 Å². The highest BCUT2D eigenvalue weighted by Gasteiger charge is 2.12. The zero-order chi connectivity index (χ0) is 14.8. The molecule has 0 saturated heterocycles. The predicted molar refractivity (Wildman–Crippen MR) is 77.7 cm³/mol. The quantitative estimate of drug-likeness (QED) is 0.632. The Labute approximate surface area is 125 Å². The first-order valence-corrected chi connectivity index (χ1v) is 6.78. The van der Waals surface area contributed by atoms with E-state index in [4.69, 9.17) is 16.3 Å². The van der Waals surface area contributed by atoms with E-state index in [1.54, 1.807) is 12.3 Å². The van der Waals surface area contributed by atoms with E-state index in [2.05, 4.69) is 4.98 Å². The van der Waals surface area contributed by atoms with E-state index < -0.39 is 11.6 Å². The summed E-state index contributed by atoms with van der Waals surface area (Å²) in [6.45, 7) is 0. The van der Waals surface area contributed by atoms with Crippen LogP contribution in [0.4, 0.5) is 8.78 Å². The van der Waals surface area contributed by atoms with Crippen LogP contribution in [0.25, 0.3) is 10.8 Å². The van der Waals surface area contributed by atoms with Gasteiger partial charge >= 0.3 is 0 Å². The number of benzene rings is 2. The van der Waals surface area contributed by atoms with E-state index in [0.717, 1.165) is 29.1 Å². The number of hydrogen-bond acceptors (Lipinski definition) is 2. The Morgan fingerprint density at radius 1 is 1.05 bits per heavy atom. The second-order valence-corrected chi connectivity index (χ2v) is 4.71. The maximum atomic E-state index is 13.7. The van der Waals surface area contributed by atoms with E-state index in [9.17, 15) is 8.78 Å². The van der Waals surface area contributed by atoms with Crippen LogP contribution in [0.15, 0.2) is 48.7 Å². The monoisotopic (exact) mass is 305 g/mol. The molecule has 106 valence electrons. The van der Waals surface area contributed by atoms with Gasteiger partial charge in [0.15, 0.2) is 11.6 Å². The Hall–Kier alpha value is -2.20. The van der Waals surface area contributed by atoms with Gasteiger partial charge in [-0.1, -0.05) is 18.2 Å². The van der Waals surface area contributed by atoms with Crippen LogP contribution in [0.5, 0.6) is 11.6 Å². The average molecular weight is 306 g/mol. The number of nitrogens with zero attached hydrogens (tertiary/aromatic N) is 1. The standard InChI is InChI=1S/C16H10ClF2NO/c17-8-10-9-20-16(13-4-2-1-3-12(10)13)21-15-7-11(18)5-6-14(15)19/h1-7,9H,8H2. The molecular weight excluding hydrogens is 296 g/mol. The van der Waals surface area contributed by atoms with Gasteiger partial charge in [-0.05, 0) is 29.1 Å². The topological polar surface area (TPSA) is 22.1 Å². The van der Waals surface area contributed by atoms with E-state index in [0.29, 0.717) is 11.3 Å². The molecule has 2 nitrogen and oxygen atoms in total. The smallest absolute Gasteiger partial charge is 0.227 e. The first-order chi connectivity index (χ1) is 10.2. The molecule has 3 aromatic rings. The fourth-order valence-electron chi connectivity index (χ4n) is 2.07. The summed E-state index contributed by atoms with van der Waals surface area (Å²) in [5.74, 6) is -0.908. The van der Waals surface area contributed by atoms with Crippen LogP contribution < -0.4 is 4.74 Å². The van der Waals surface area contributed by atoms with Crippen LogP contribution in [0, 0.1) is 11.6 Å². The van der Waals surface area contributed by atoms with Gasteiger partial charge in [0, 0.05) is 23.5 Å². The lowest BCUT2D eigenvalue weighted by Crippen LogP contribution is -1.95. The van der Waals surface area contributed by atoms with Gasteiger partial charge in [-0.3, -0.25) is 0 Å². The SMILES string of the molecule is Fc1ccc(F)c(Oc2ncc(CCl)c3ccccc23)c1. The minimum absolute atomic E-state index is 0.203. The number of ether oxygens (including phenoxy) is 1.